The SMILES string of the molecule is CNCCNC(=O)c1nc2c(s1)=NCNC=2Nc1ccc(F)cc1OC(C)C. The lowest BCUT2D eigenvalue weighted by Gasteiger charge is -2.18. The van der Waals surface area contributed by atoms with Crippen molar-refractivity contribution in [3.05, 3.63) is 39.0 Å². The summed E-state index contributed by atoms with van der Waals surface area (Å²) >= 11 is 1.23. The predicted molar refractivity (Wildman–Crippen MR) is 106 cm³/mol. The topological polar surface area (TPSA) is 99.7 Å². The van der Waals surface area contributed by atoms with Gasteiger partial charge in [0.15, 0.2) is 5.01 Å². The number of nitrogens with one attached hydrogen (secondary N) is 4. The molecule has 1 aromatic carbocycles. The minimum Gasteiger partial charge on any atom is -0.489 e. The second-order valence-electron chi connectivity index (χ2n) is 6.33. The van der Waals surface area contributed by atoms with E-state index in [1.165, 1.54) is 23.5 Å². The molecule has 0 unspecified atom stereocenters. The number of halogens is 1. The third kappa shape index (κ3) is 4.76. The zero-order chi connectivity index (χ0) is 20.1. The number of carbonyl (C=O) groups excluding carboxylic acids is 1. The number of nitrogens with zero attached hydrogens (tertiary/aromatic N) is 2. The van der Waals surface area contributed by atoms with E-state index in [1.54, 1.807) is 6.07 Å². The maximum absolute atomic E-state index is 13.6. The van der Waals surface area contributed by atoms with Gasteiger partial charge in [-0.2, -0.15) is 0 Å². The van der Waals surface area contributed by atoms with Crippen LogP contribution >= 0.6 is 11.3 Å². The summed E-state index contributed by atoms with van der Waals surface area (Å²) in [6, 6.07) is 4.29. The van der Waals surface area contributed by atoms with Crippen LogP contribution in [0.2, 0.25) is 0 Å². The van der Waals surface area contributed by atoms with Gasteiger partial charge in [0.25, 0.3) is 5.91 Å². The maximum Gasteiger partial charge on any atom is 0.280 e. The van der Waals surface area contributed by atoms with Crippen molar-refractivity contribution in [2.75, 3.05) is 32.1 Å². The van der Waals surface area contributed by atoms with Gasteiger partial charge in [-0.05, 0) is 33.0 Å². The molecule has 0 atom stereocenters. The second-order valence-corrected chi connectivity index (χ2v) is 7.31. The standard InChI is InChI=1S/C18H23FN6O2S/c1-10(2)27-13-8-11(19)4-5-12(13)24-15-14-17(23-9-22-15)28-18(25-14)16(26)21-7-6-20-3/h4-5,8,10,20,22,24H,6-7,9H2,1-3H3,(H,21,26). The van der Waals surface area contributed by atoms with Crippen molar-refractivity contribution >= 4 is 28.8 Å². The lowest BCUT2D eigenvalue weighted by Crippen LogP contribution is -2.39. The van der Waals surface area contributed by atoms with Crippen LogP contribution in [0, 0.1) is 5.82 Å². The molecule has 8 nitrogen and oxygen atoms in total. The number of benzene rings is 1. The summed E-state index contributed by atoms with van der Waals surface area (Å²) in [6.45, 7) is 5.27. The number of rotatable bonds is 8. The molecule has 3 rings (SSSR count). The summed E-state index contributed by atoms with van der Waals surface area (Å²) in [5.41, 5.74) is 0.596. The van der Waals surface area contributed by atoms with Gasteiger partial charge in [-0.1, -0.05) is 11.3 Å². The number of ether oxygens (including phenoxy) is 1. The molecule has 1 aromatic heterocycles. The molecule has 0 radical (unpaired) electrons. The summed E-state index contributed by atoms with van der Waals surface area (Å²) in [5, 5.41) is 13.0. The number of carbonyl (C=O) groups is 1. The number of anilines is 1. The van der Waals surface area contributed by atoms with E-state index in [2.05, 4.69) is 31.2 Å². The number of thiazole rings is 1. The fourth-order valence-electron chi connectivity index (χ4n) is 2.52. The average Bonchev–Trinajstić information content (AvgIpc) is 3.09. The lowest BCUT2D eigenvalue weighted by molar-refractivity contribution is 0.0953. The molecular formula is C18H23FN6O2S. The smallest absolute Gasteiger partial charge is 0.280 e. The van der Waals surface area contributed by atoms with E-state index >= 15 is 0 Å². The molecule has 0 saturated heterocycles. The number of amides is 1. The van der Waals surface area contributed by atoms with Crippen molar-refractivity contribution in [3.63, 3.8) is 0 Å². The largest absolute Gasteiger partial charge is 0.489 e. The van der Waals surface area contributed by atoms with E-state index in [-0.39, 0.29) is 17.8 Å². The Kier molecular flexibility index (Phi) is 6.42. The van der Waals surface area contributed by atoms with Crippen LogP contribution in [0.1, 0.15) is 23.6 Å². The maximum atomic E-state index is 13.6. The van der Waals surface area contributed by atoms with Crippen LogP contribution in [-0.4, -0.2) is 43.8 Å². The minimum absolute atomic E-state index is 0.107. The Balaban J connectivity index is 1.91. The molecule has 1 aliphatic rings. The molecule has 0 bridgehead atoms. The van der Waals surface area contributed by atoms with Gasteiger partial charge in [0, 0.05) is 19.2 Å². The Labute approximate surface area is 165 Å². The van der Waals surface area contributed by atoms with Gasteiger partial charge in [-0.3, -0.25) is 9.79 Å². The number of hydrogen-bond acceptors (Lipinski definition) is 8. The average molecular weight is 406 g/mol. The lowest BCUT2D eigenvalue weighted by atomic mass is 10.2. The molecule has 1 aliphatic heterocycles. The molecular weight excluding hydrogens is 383 g/mol. The highest BCUT2D eigenvalue weighted by Crippen LogP contribution is 2.27. The van der Waals surface area contributed by atoms with Crippen molar-refractivity contribution < 1.29 is 13.9 Å². The van der Waals surface area contributed by atoms with Crippen LogP contribution in [0.3, 0.4) is 0 Å². The van der Waals surface area contributed by atoms with Crippen LogP contribution < -0.4 is 36.0 Å². The van der Waals surface area contributed by atoms with E-state index in [4.69, 9.17) is 4.74 Å². The van der Waals surface area contributed by atoms with Crippen molar-refractivity contribution in [1.29, 1.82) is 0 Å². The summed E-state index contributed by atoms with van der Waals surface area (Å²) < 4.78 is 20.0. The first kappa shape index (κ1) is 20.0. The van der Waals surface area contributed by atoms with Crippen molar-refractivity contribution in [3.8, 4) is 5.75 Å². The molecule has 0 fully saturated rings. The van der Waals surface area contributed by atoms with E-state index in [0.717, 1.165) is 0 Å². The van der Waals surface area contributed by atoms with Gasteiger partial charge in [0.05, 0.1) is 11.8 Å². The highest BCUT2D eigenvalue weighted by molar-refractivity contribution is 7.11. The van der Waals surface area contributed by atoms with Crippen LogP contribution in [0.25, 0.3) is 5.82 Å². The van der Waals surface area contributed by atoms with E-state index < -0.39 is 0 Å². The zero-order valence-corrected chi connectivity index (χ0v) is 16.7. The van der Waals surface area contributed by atoms with Gasteiger partial charge in [0.1, 0.15) is 34.1 Å². The minimum atomic E-state index is -0.382. The van der Waals surface area contributed by atoms with Gasteiger partial charge in [-0.15, -0.1) is 0 Å². The van der Waals surface area contributed by atoms with E-state index in [9.17, 15) is 9.18 Å². The summed E-state index contributed by atoms with van der Waals surface area (Å²) in [5.74, 6) is 0.367. The first-order chi connectivity index (χ1) is 13.5. The first-order valence-electron chi connectivity index (χ1n) is 8.93. The molecule has 10 heteroatoms. The van der Waals surface area contributed by atoms with Crippen molar-refractivity contribution in [1.82, 2.24) is 20.9 Å². The Morgan fingerprint density at radius 2 is 2.21 bits per heavy atom. The van der Waals surface area contributed by atoms with Gasteiger partial charge >= 0.3 is 0 Å². The number of hydrogen-bond donors (Lipinski definition) is 4. The zero-order valence-electron chi connectivity index (χ0n) is 15.9. The monoisotopic (exact) mass is 406 g/mol. The van der Waals surface area contributed by atoms with Crippen LogP contribution in [-0.2, 0) is 0 Å². The second kappa shape index (κ2) is 8.98. The Hall–Kier alpha value is -2.72. The highest BCUT2D eigenvalue weighted by Gasteiger charge is 2.17. The van der Waals surface area contributed by atoms with Crippen LogP contribution in [0.4, 0.5) is 10.1 Å². The normalized spacial score (nSPS) is 12.8. The van der Waals surface area contributed by atoms with Crippen LogP contribution in [0.15, 0.2) is 23.2 Å². The third-order valence-corrected chi connectivity index (χ3v) is 4.73. The molecule has 150 valence electrons. The van der Waals surface area contributed by atoms with Gasteiger partial charge < -0.3 is 26.0 Å². The molecule has 4 N–H and O–H groups in total. The molecule has 0 saturated carbocycles. The fourth-order valence-corrected chi connectivity index (χ4v) is 3.38. The number of fused-ring (bicyclic) bond motifs is 1. The molecule has 0 aliphatic carbocycles. The molecule has 2 heterocycles. The fraction of sp³-hybridized carbons (Fsp3) is 0.389. The van der Waals surface area contributed by atoms with Gasteiger partial charge in [0.2, 0.25) is 0 Å². The quantitative estimate of drug-likeness (QED) is 0.473. The predicted octanol–water partition coefficient (Wildman–Crippen LogP) is 0.377. The van der Waals surface area contributed by atoms with Gasteiger partial charge in [-0.25, -0.2) is 9.37 Å². The van der Waals surface area contributed by atoms with Crippen LogP contribution in [0.5, 0.6) is 5.75 Å². The first-order valence-corrected chi connectivity index (χ1v) is 9.75. The summed E-state index contributed by atoms with van der Waals surface area (Å²) in [4.78, 5) is 21.1. The molecule has 1 amide bonds. The number of aromatic nitrogens is 1. The Morgan fingerprint density at radius 3 is 2.96 bits per heavy atom. The van der Waals surface area contributed by atoms with E-state index in [1.807, 2.05) is 20.9 Å². The molecule has 28 heavy (non-hydrogen) atoms. The Bertz CT molecular complexity index is 975. The highest BCUT2D eigenvalue weighted by atomic mass is 32.1. The van der Waals surface area contributed by atoms with Crippen molar-refractivity contribution in [2.45, 2.75) is 20.0 Å². The van der Waals surface area contributed by atoms with E-state index in [0.29, 0.717) is 52.0 Å². The Morgan fingerprint density at radius 1 is 1.39 bits per heavy atom. The summed E-state index contributed by atoms with van der Waals surface area (Å²) in [6.07, 6.45) is -0.107. The third-order valence-electron chi connectivity index (χ3n) is 3.75. The molecule has 2 aromatic rings. The summed E-state index contributed by atoms with van der Waals surface area (Å²) in [7, 11) is 1.82. The molecule has 0 spiro atoms. The van der Waals surface area contributed by atoms with Crippen molar-refractivity contribution in [2.24, 2.45) is 4.99 Å². The number of likely N-dealkylation sites (N-methyl/N-ethyl adjacent to an activating group) is 1.